The van der Waals surface area contributed by atoms with Crippen LogP contribution in [0.2, 0.25) is 0 Å². The quantitative estimate of drug-likeness (QED) is 0.341. The van der Waals surface area contributed by atoms with Crippen LogP contribution in [0.4, 0.5) is 14.6 Å². The number of fused-ring (bicyclic) bond motifs is 1. The van der Waals surface area contributed by atoms with Crippen molar-refractivity contribution >= 4 is 22.8 Å². The molecule has 3 aromatic carbocycles. The number of hydrogen-bond acceptors (Lipinski definition) is 3. The lowest BCUT2D eigenvalue weighted by Gasteiger charge is -2.22. The summed E-state index contributed by atoms with van der Waals surface area (Å²) in [4.78, 5) is 17.6. The summed E-state index contributed by atoms with van der Waals surface area (Å²) in [5.41, 5.74) is 3.15. The Balaban J connectivity index is 1.47. The molecular formula is C27H23F2N5O. The van der Waals surface area contributed by atoms with Crippen molar-refractivity contribution in [3.05, 3.63) is 96.3 Å². The predicted octanol–water partition coefficient (Wildman–Crippen LogP) is 6.17. The number of benzene rings is 3. The van der Waals surface area contributed by atoms with Gasteiger partial charge in [-0.15, -0.1) is 0 Å². The molecule has 0 spiro atoms. The molecular weight excluding hydrogens is 448 g/mol. The number of aromatic nitrogens is 4. The number of nitrogens with zero attached hydrogens (tertiary/aromatic N) is 4. The van der Waals surface area contributed by atoms with Gasteiger partial charge < -0.3 is 5.32 Å². The molecule has 0 aliphatic heterocycles. The maximum atomic E-state index is 13.8. The van der Waals surface area contributed by atoms with Crippen LogP contribution in [0.1, 0.15) is 31.1 Å². The Morgan fingerprint density at radius 2 is 1.66 bits per heavy atom. The molecule has 0 bridgehead atoms. The second-order valence-electron chi connectivity index (χ2n) is 9.26. The van der Waals surface area contributed by atoms with Crippen LogP contribution in [-0.4, -0.2) is 25.2 Å². The molecule has 0 aliphatic rings. The molecule has 2 heterocycles. The highest BCUT2D eigenvalue weighted by Crippen LogP contribution is 2.28. The van der Waals surface area contributed by atoms with Crippen LogP contribution < -0.4 is 5.32 Å². The SMILES string of the molecule is CC(C)(C)n1nc(-c2cccc(F)c2)cc1NC(=O)c1ccc2c(c1)ncn2-c1cccc(F)c1. The highest BCUT2D eigenvalue weighted by atomic mass is 19.1. The van der Waals surface area contributed by atoms with Gasteiger partial charge in [-0.2, -0.15) is 5.10 Å². The Hall–Kier alpha value is -4.33. The summed E-state index contributed by atoms with van der Waals surface area (Å²) in [6, 6.07) is 19.3. The van der Waals surface area contributed by atoms with Gasteiger partial charge in [-0.3, -0.25) is 9.36 Å². The minimum atomic E-state index is -0.429. The molecule has 1 amide bonds. The van der Waals surface area contributed by atoms with Crippen LogP contribution in [0.15, 0.2) is 79.1 Å². The first-order valence-electron chi connectivity index (χ1n) is 11.1. The van der Waals surface area contributed by atoms with Crippen molar-refractivity contribution in [2.24, 2.45) is 0 Å². The van der Waals surface area contributed by atoms with E-state index in [1.807, 2.05) is 20.8 Å². The Kier molecular flexibility index (Phi) is 5.43. The maximum Gasteiger partial charge on any atom is 0.256 e. The van der Waals surface area contributed by atoms with Crippen molar-refractivity contribution < 1.29 is 13.6 Å². The summed E-state index contributed by atoms with van der Waals surface area (Å²) < 4.78 is 30.9. The molecule has 0 fully saturated rings. The van der Waals surface area contributed by atoms with Gasteiger partial charge in [0.25, 0.3) is 5.91 Å². The molecule has 5 aromatic rings. The van der Waals surface area contributed by atoms with Crippen LogP contribution in [0.5, 0.6) is 0 Å². The molecule has 0 unspecified atom stereocenters. The summed E-state index contributed by atoms with van der Waals surface area (Å²) in [7, 11) is 0. The number of nitrogens with one attached hydrogen (secondary N) is 1. The minimum Gasteiger partial charge on any atom is -0.307 e. The van der Waals surface area contributed by atoms with E-state index >= 15 is 0 Å². The van der Waals surface area contributed by atoms with Crippen LogP contribution in [0.3, 0.4) is 0 Å². The van der Waals surface area contributed by atoms with Crippen molar-refractivity contribution in [2.75, 3.05) is 5.32 Å². The first kappa shape index (κ1) is 22.5. The second-order valence-corrected chi connectivity index (χ2v) is 9.26. The van der Waals surface area contributed by atoms with Crippen molar-refractivity contribution in [2.45, 2.75) is 26.3 Å². The Morgan fingerprint density at radius 3 is 2.37 bits per heavy atom. The molecule has 176 valence electrons. The van der Waals surface area contributed by atoms with E-state index < -0.39 is 5.54 Å². The number of amides is 1. The second kappa shape index (κ2) is 8.47. The Morgan fingerprint density at radius 1 is 0.914 bits per heavy atom. The first-order valence-corrected chi connectivity index (χ1v) is 11.1. The van der Waals surface area contributed by atoms with Crippen LogP contribution in [-0.2, 0) is 5.54 Å². The molecule has 0 radical (unpaired) electrons. The van der Waals surface area contributed by atoms with Gasteiger partial charge in [0.2, 0.25) is 0 Å². The van der Waals surface area contributed by atoms with E-state index in [2.05, 4.69) is 15.4 Å². The molecule has 5 rings (SSSR count). The normalized spacial score (nSPS) is 11.7. The summed E-state index contributed by atoms with van der Waals surface area (Å²) in [6.07, 6.45) is 1.60. The number of hydrogen-bond donors (Lipinski definition) is 1. The van der Waals surface area contributed by atoms with E-state index in [1.54, 1.807) is 64.1 Å². The van der Waals surface area contributed by atoms with Gasteiger partial charge in [0.05, 0.1) is 28.0 Å². The Bertz CT molecular complexity index is 1560. The van der Waals surface area contributed by atoms with Gasteiger partial charge in [0, 0.05) is 17.2 Å². The number of rotatable bonds is 4. The van der Waals surface area contributed by atoms with Gasteiger partial charge in [-0.1, -0.05) is 18.2 Å². The zero-order valence-electron chi connectivity index (χ0n) is 19.5. The molecule has 2 aromatic heterocycles. The minimum absolute atomic E-state index is 0.330. The lowest BCUT2D eigenvalue weighted by molar-refractivity contribution is 0.102. The van der Waals surface area contributed by atoms with Crippen molar-refractivity contribution in [1.82, 2.24) is 19.3 Å². The summed E-state index contributed by atoms with van der Waals surface area (Å²) >= 11 is 0. The van der Waals surface area contributed by atoms with Gasteiger partial charge in [0.1, 0.15) is 23.8 Å². The summed E-state index contributed by atoms with van der Waals surface area (Å²) in [5.74, 6) is -0.534. The van der Waals surface area contributed by atoms with Crippen LogP contribution >= 0.6 is 0 Å². The van der Waals surface area contributed by atoms with E-state index in [1.165, 1.54) is 24.3 Å². The largest absolute Gasteiger partial charge is 0.307 e. The van der Waals surface area contributed by atoms with Gasteiger partial charge >= 0.3 is 0 Å². The average molecular weight is 472 g/mol. The van der Waals surface area contributed by atoms with E-state index in [0.717, 1.165) is 5.52 Å². The standard InChI is InChI=1S/C27H23F2N5O/c1-27(2,3)34-25(15-22(32-34)17-6-4-7-19(28)12-17)31-26(35)18-10-11-24-23(13-18)30-16-33(24)21-9-5-8-20(29)14-21/h4-16H,1-3H3,(H,31,35). The topological polar surface area (TPSA) is 64.7 Å². The fourth-order valence-corrected chi connectivity index (χ4v) is 3.94. The summed E-state index contributed by atoms with van der Waals surface area (Å²) in [6.45, 7) is 5.91. The highest BCUT2D eigenvalue weighted by molar-refractivity contribution is 6.05. The molecule has 1 N–H and O–H groups in total. The third kappa shape index (κ3) is 4.42. The molecule has 8 heteroatoms. The molecule has 6 nitrogen and oxygen atoms in total. The lowest BCUT2D eigenvalue weighted by Crippen LogP contribution is -2.26. The fourth-order valence-electron chi connectivity index (χ4n) is 3.94. The highest BCUT2D eigenvalue weighted by Gasteiger charge is 2.22. The number of imidazole rings is 1. The fraction of sp³-hybridized carbons (Fsp3) is 0.148. The number of carbonyl (C=O) groups is 1. The molecule has 0 saturated heterocycles. The number of carbonyl (C=O) groups excluding carboxylic acids is 1. The zero-order valence-corrected chi connectivity index (χ0v) is 19.5. The van der Waals surface area contributed by atoms with Crippen molar-refractivity contribution in [3.63, 3.8) is 0 Å². The number of halogens is 2. The third-order valence-corrected chi connectivity index (χ3v) is 5.60. The van der Waals surface area contributed by atoms with Crippen LogP contribution in [0.25, 0.3) is 28.0 Å². The monoisotopic (exact) mass is 471 g/mol. The van der Waals surface area contributed by atoms with Crippen LogP contribution in [0, 0.1) is 11.6 Å². The average Bonchev–Trinajstić information content (AvgIpc) is 3.43. The van der Waals surface area contributed by atoms with Crippen molar-refractivity contribution in [1.29, 1.82) is 0 Å². The van der Waals surface area contributed by atoms with E-state index in [0.29, 0.717) is 33.8 Å². The smallest absolute Gasteiger partial charge is 0.256 e. The summed E-state index contributed by atoms with van der Waals surface area (Å²) in [5, 5.41) is 7.55. The first-order chi connectivity index (χ1) is 16.7. The number of anilines is 1. The molecule has 0 saturated carbocycles. The van der Waals surface area contributed by atoms with Crippen molar-refractivity contribution in [3.8, 4) is 16.9 Å². The third-order valence-electron chi connectivity index (χ3n) is 5.60. The van der Waals surface area contributed by atoms with Gasteiger partial charge in [-0.05, 0) is 69.3 Å². The van der Waals surface area contributed by atoms with E-state index in [4.69, 9.17) is 0 Å². The molecule has 0 atom stereocenters. The van der Waals surface area contributed by atoms with E-state index in [9.17, 15) is 13.6 Å². The maximum absolute atomic E-state index is 13.8. The molecule has 35 heavy (non-hydrogen) atoms. The lowest BCUT2D eigenvalue weighted by atomic mass is 10.1. The zero-order chi connectivity index (χ0) is 24.7. The molecule has 0 aliphatic carbocycles. The Labute approximate surface area is 200 Å². The van der Waals surface area contributed by atoms with Gasteiger partial charge in [-0.25, -0.2) is 18.4 Å². The van der Waals surface area contributed by atoms with E-state index in [-0.39, 0.29) is 17.5 Å². The van der Waals surface area contributed by atoms with Gasteiger partial charge in [0.15, 0.2) is 0 Å². The predicted molar refractivity (Wildman–Crippen MR) is 132 cm³/mol.